The molecule has 0 radical (unpaired) electrons. The van der Waals surface area contributed by atoms with E-state index in [0.29, 0.717) is 5.56 Å². The van der Waals surface area contributed by atoms with Crippen molar-refractivity contribution in [1.29, 1.82) is 0 Å². The van der Waals surface area contributed by atoms with Gasteiger partial charge in [0.15, 0.2) is 0 Å². The number of hydrogen-bond donors (Lipinski definition) is 1. The largest absolute Gasteiger partial charge is 0.271 e. The van der Waals surface area contributed by atoms with Gasteiger partial charge in [0.1, 0.15) is 0 Å². The SMILES string of the molecule is C/C(=N\NC(=O)c1ccc(C)cc1)C(C)(C)c1cc(-c2ccccc2)nn1-c1ccccc1. The average Bonchev–Trinajstić information content (AvgIpc) is 3.30. The van der Waals surface area contributed by atoms with Crippen LogP contribution in [0.5, 0.6) is 0 Å². The maximum atomic E-state index is 12.6. The van der Waals surface area contributed by atoms with E-state index in [1.165, 1.54) is 0 Å². The first kappa shape index (κ1) is 22.2. The number of hydrazone groups is 1. The molecule has 3 aromatic carbocycles. The zero-order chi connectivity index (χ0) is 23.4. The number of carbonyl (C=O) groups is 1. The predicted molar refractivity (Wildman–Crippen MR) is 134 cm³/mol. The average molecular weight is 437 g/mol. The Morgan fingerprint density at radius 2 is 1.52 bits per heavy atom. The van der Waals surface area contributed by atoms with E-state index in [2.05, 4.69) is 42.6 Å². The summed E-state index contributed by atoms with van der Waals surface area (Å²) in [4.78, 5) is 12.6. The van der Waals surface area contributed by atoms with Crippen LogP contribution in [-0.2, 0) is 5.41 Å². The van der Waals surface area contributed by atoms with Crippen LogP contribution in [0.25, 0.3) is 16.9 Å². The van der Waals surface area contributed by atoms with Gasteiger partial charge < -0.3 is 0 Å². The summed E-state index contributed by atoms with van der Waals surface area (Å²) in [6.45, 7) is 8.11. The standard InChI is InChI=1S/C28H28N4O/c1-20-15-17-23(18-16-20)27(33)30-29-21(2)28(3,4)26-19-25(22-11-7-5-8-12-22)31-32(26)24-13-9-6-10-14-24/h5-19H,1-4H3,(H,30,33)/b29-21+. The van der Waals surface area contributed by atoms with E-state index < -0.39 is 5.41 Å². The summed E-state index contributed by atoms with van der Waals surface area (Å²) >= 11 is 0. The van der Waals surface area contributed by atoms with Gasteiger partial charge in [0, 0.05) is 22.3 Å². The van der Waals surface area contributed by atoms with Gasteiger partial charge in [-0.05, 0) is 58.0 Å². The monoisotopic (exact) mass is 436 g/mol. The van der Waals surface area contributed by atoms with E-state index in [9.17, 15) is 4.79 Å². The lowest BCUT2D eigenvalue weighted by Crippen LogP contribution is -2.32. The molecule has 1 aromatic heterocycles. The fourth-order valence-electron chi connectivity index (χ4n) is 3.57. The normalized spacial score (nSPS) is 11.9. The van der Waals surface area contributed by atoms with Gasteiger partial charge in [-0.25, -0.2) is 10.1 Å². The minimum absolute atomic E-state index is 0.230. The second-order valence-corrected chi connectivity index (χ2v) is 8.66. The number of benzene rings is 3. The van der Waals surface area contributed by atoms with Gasteiger partial charge in [-0.3, -0.25) is 4.79 Å². The maximum Gasteiger partial charge on any atom is 0.271 e. The molecule has 4 rings (SSSR count). The summed E-state index contributed by atoms with van der Waals surface area (Å²) in [6.07, 6.45) is 0. The molecule has 0 unspecified atom stereocenters. The molecular formula is C28H28N4O. The van der Waals surface area contributed by atoms with E-state index in [1.807, 2.05) is 79.2 Å². The lowest BCUT2D eigenvalue weighted by Gasteiger charge is -2.25. The van der Waals surface area contributed by atoms with Crippen molar-refractivity contribution in [3.63, 3.8) is 0 Å². The summed E-state index contributed by atoms with van der Waals surface area (Å²) in [5.41, 5.74) is 8.58. The number of nitrogens with zero attached hydrogens (tertiary/aromatic N) is 3. The van der Waals surface area contributed by atoms with Crippen molar-refractivity contribution in [1.82, 2.24) is 15.2 Å². The number of aryl methyl sites for hydroxylation is 1. The Balaban J connectivity index is 1.69. The van der Waals surface area contributed by atoms with Crippen molar-refractivity contribution in [2.24, 2.45) is 5.10 Å². The van der Waals surface area contributed by atoms with Gasteiger partial charge in [0.2, 0.25) is 0 Å². The summed E-state index contributed by atoms with van der Waals surface area (Å²) < 4.78 is 1.96. The molecule has 1 heterocycles. The molecule has 1 N–H and O–H groups in total. The fourth-order valence-corrected chi connectivity index (χ4v) is 3.57. The van der Waals surface area contributed by atoms with Crippen molar-refractivity contribution in [2.75, 3.05) is 0 Å². The van der Waals surface area contributed by atoms with Gasteiger partial charge >= 0.3 is 0 Å². The Bertz CT molecular complexity index is 1270. The molecule has 5 nitrogen and oxygen atoms in total. The van der Waals surface area contributed by atoms with Crippen LogP contribution in [0.1, 0.15) is 42.4 Å². The second kappa shape index (κ2) is 9.25. The fraction of sp³-hybridized carbons (Fsp3) is 0.179. The molecule has 33 heavy (non-hydrogen) atoms. The number of carbonyl (C=O) groups excluding carboxylic acids is 1. The Kier molecular flexibility index (Phi) is 6.22. The van der Waals surface area contributed by atoms with Crippen molar-refractivity contribution >= 4 is 11.6 Å². The molecule has 4 aromatic rings. The van der Waals surface area contributed by atoms with Crippen LogP contribution in [0.3, 0.4) is 0 Å². The molecular weight excluding hydrogens is 408 g/mol. The first-order chi connectivity index (χ1) is 15.9. The molecule has 0 bridgehead atoms. The van der Waals surface area contributed by atoms with Gasteiger partial charge in [0.05, 0.1) is 17.1 Å². The summed E-state index contributed by atoms with van der Waals surface area (Å²) in [5, 5.41) is 9.39. The second-order valence-electron chi connectivity index (χ2n) is 8.66. The molecule has 0 spiro atoms. The minimum Gasteiger partial charge on any atom is -0.267 e. The van der Waals surface area contributed by atoms with E-state index in [-0.39, 0.29) is 5.91 Å². The van der Waals surface area contributed by atoms with Gasteiger partial charge in [-0.15, -0.1) is 0 Å². The number of rotatable bonds is 6. The molecule has 0 fully saturated rings. The third-order valence-corrected chi connectivity index (χ3v) is 5.96. The van der Waals surface area contributed by atoms with Crippen LogP contribution < -0.4 is 5.43 Å². The summed E-state index contributed by atoms with van der Waals surface area (Å²) in [6, 6.07) is 29.7. The summed E-state index contributed by atoms with van der Waals surface area (Å²) in [7, 11) is 0. The molecule has 5 heteroatoms. The highest BCUT2D eigenvalue weighted by Crippen LogP contribution is 2.31. The molecule has 0 saturated carbocycles. The highest BCUT2D eigenvalue weighted by atomic mass is 16.2. The molecule has 0 atom stereocenters. The van der Waals surface area contributed by atoms with E-state index in [1.54, 1.807) is 12.1 Å². The Morgan fingerprint density at radius 1 is 0.909 bits per heavy atom. The van der Waals surface area contributed by atoms with Crippen LogP contribution in [0, 0.1) is 6.92 Å². The molecule has 0 saturated heterocycles. The van der Waals surface area contributed by atoms with Gasteiger partial charge in [-0.1, -0.05) is 66.2 Å². The molecule has 0 aliphatic rings. The smallest absolute Gasteiger partial charge is 0.267 e. The topological polar surface area (TPSA) is 59.3 Å². The number of amides is 1. The third kappa shape index (κ3) is 4.77. The number of para-hydroxylation sites is 1. The van der Waals surface area contributed by atoms with Crippen molar-refractivity contribution < 1.29 is 4.79 Å². The first-order valence-corrected chi connectivity index (χ1v) is 11.0. The first-order valence-electron chi connectivity index (χ1n) is 11.0. The van der Waals surface area contributed by atoms with Crippen LogP contribution in [0.2, 0.25) is 0 Å². The van der Waals surface area contributed by atoms with Crippen LogP contribution in [-0.4, -0.2) is 21.4 Å². The molecule has 1 amide bonds. The van der Waals surface area contributed by atoms with Crippen molar-refractivity contribution in [3.05, 3.63) is 108 Å². The van der Waals surface area contributed by atoms with E-state index in [4.69, 9.17) is 5.10 Å². The van der Waals surface area contributed by atoms with Crippen molar-refractivity contribution in [3.8, 4) is 16.9 Å². The van der Waals surface area contributed by atoms with Crippen LogP contribution in [0.15, 0.2) is 96.1 Å². The van der Waals surface area contributed by atoms with Gasteiger partial charge in [0.25, 0.3) is 5.91 Å². The number of aromatic nitrogens is 2. The van der Waals surface area contributed by atoms with E-state index >= 15 is 0 Å². The molecule has 0 aliphatic carbocycles. The minimum atomic E-state index is -0.490. The Hall–Kier alpha value is -3.99. The summed E-state index contributed by atoms with van der Waals surface area (Å²) in [5.74, 6) is -0.230. The predicted octanol–water partition coefficient (Wildman–Crippen LogP) is 5.93. The number of nitrogens with one attached hydrogen (secondary N) is 1. The van der Waals surface area contributed by atoms with Crippen molar-refractivity contribution in [2.45, 2.75) is 33.1 Å². The lowest BCUT2D eigenvalue weighted by molar-refractivity contribution is 0.0954. The lowest BCUT2D eigenvalue weighted by atomic mass is 9.84. The van der Waals surface area contributed by atoms with Crippen LogP contribution >= 0.6 is 0 Å². The van der Waals surface area contributed by atoms with Gasteiger partial charge in [-0.2, -0.15) is 10.2 Å². The third-order valence-electron chi connectivity index (χ3n) is 5.96. The van der Waals surface area contributed by atoms with Crippen LogP contribution in [0.4, 0.5) is 0 Å². The highest BCUT2D eigenvalue weighted by Gasteiger charge is 2.30. The Labute approximate surface area is 194 Å². The highest BCUT2D eigenvalue weighted by molar-refractivity contribution is 5.97. The maximum absolute atomic E-state index is 12.6. The van der Waals surface area contributed by atoms with E-state index in [0.717, 1.165) is 33.9 Å². The zero-order valence-corrected chi connectivity index (χ0v) is 19.4. The molecule has 166 valence electrons. The zero-order valence-electron chi connectivity index (χ0n) is 19.4. The number of hydrogen-bond acceptors (Lipinski definition) is 3. The quantitative estimate of drug-likeness (QED) is 0.301. The molecule has 0 aliphatic heterocycles. The Morgan fingerprint density at radius 3 is 2.15 bits per heavy atom.